The van der Waals surface area contributed by atoms with E-state index in [1.165, 1.54) is 10.6 Å². The molecule has 3 heterocycles. The lowest BCUT2D eigenvalue weighted by molar-refractivity contribution is -0.160. The molecule has 0 radical (unpaired) electrons. The Bertz CT molecular complexity index is 1770. The summed E-state index contributed by atoms with van der Waals surface area (Å²) in [4.78, 5) is 30.6. The second-order valence-electron chi connectivity index (χ2n) is 11.9. The normalized spacial score (nSPS) is 14.0. The van der Waals surface area contributed by atoms with Crippen LogP contribution in [0.5, 0.6) is 5.75 Å². The summed E-state index contributed by atoms with van der Waals surface area (Å²) in [5, 5.41) is 17.8. The highest BCUT2D eigenvalue weighted by Crippen LogP contribution is 2.41. The highest BCUT2D eigenvalue weighted by Gasteiger charge is 2.35. The van der Waals surface area contributed by atoms with Crippen LogP contribution in [0.15, 0.2) is 42.5 Å². The van der Waals surface area contributed by atoms with Gasteiger partial charge in [-0.25, -0.2) is 18.7 Å². The van der Waals surface area contributed by atoms with Gasteiger partial charge in [0.15, 0.2) is 29.0 Å². The Morgan fingerprint density at radius 2 is 1.93 bits per heavy atom. The number of ether oxygens (including phenoxy) is 2. The molecule has 4 aromatic rings. The third-order valence-corrected chi connectivity index (χ3v) is 7.50. The summed E-state index contributed by atoms with van der Waals surface area (Å²) in [5.41, 5.74) is 4.32. The molecule has 2 N–H and O–H groups in total. The number of benzene rings is 2. The van der Waals surface area contributed by atoms with Gasteiger partial charge in [-0.05, 0) is 77.1 Å². The van der Waals surface area contributed by atoms with Crippen molar-refractivity contribution in [3.8, 4) is 17.0 Å². The predicted molar refractivity (Wildman–Crippen MR) is 165 cm³/mol. The molecule has 44 heavy (non-hydrogen) atoms. The standard InChI is InChI=1S/C34H37FN4O5/c1-7-9-21-11-13-22(14-12-21)18-36-32(40)26-17-27-37-20(3)28(31(33(41)42)44-34(4,5)6)29(39(27)38-26)24-16-25(35)30-23(19(24)2)10-8-15-43-30/h7,9,11-14,16-17,31H,8,10,15,18H2,1-6H3,(H,36,40)(H,41,42). The number of fused-ring (bicyclic) bond motifs is 2. The molecule has 2 aromatic carbocycles. The average molecular weight is 601 g/mol. The fourth-order valence-corrected chi connectivity index (χ4v) is 5.52. The Hall–Kier alpha value is -4.57. The van der Waals surface area contributed by atoms with Crippen LogP contribution in [0.25, 0.3) is 23.0 Å². The summed E-state index contributed by atoms with van der Waals surface area (Å²) in [6.07, 6.45) is 3.84. The van der Waals surface area contributed by atoms with E-state index in [4.69, 9.17) is 9.47 Å². The lowest BCUT2D eigenvalue weighted by atomic mass is 9.91. The Labute approximate surface area is 255 Å². The maximum atomic E-state index is 15.5. The first-order valence-electron chi connectivity index (χ1n) is 14.6. The van der Waals surface area contributed by atoms with Crippen LogP contribution >= 0.6 is 0 Å². The van der Waals surface area contributed by atoms with E-state index in [-0.39, 0.29) is 23.6 Å². The number of hydrogen-bond donors (Lipinski definition) is 2. The molecule has 0 aliphatic carbocycles. The third kappa shape index (κ3) is 6.21. The number of hydrogen-bond acceptors (Lipinski definition) is 6. The fourth-order valence-electron chi connectivity index (χ4n) is 5.52. The molecule has 1 aliphatic heterocycles. The predicted octanol–water partition coefficient (Wildman–Crippen LogP) is 6.38. The van der Waals surface area contributed by atoms with Crippen LogP contribution in [-0.4, -0.2) is 43.8 Å². The van der Waals surface area contributed by atoms with Gasteiger partial charge in [-0.3, -0.25) is 4.79 Å². The molecule has 1 atom stereocenters. The fraction of sp³-hybridized carbons (Fsp3) is 0.353. The van der Waals surface area contributed by atoms with Gasteiger partial charge in [0, 0.05) is 35.0 Å². The minimum absolute atomic E-state index is 0.0869. The van der Waals surface area contributed by atoms with Crippen molar-refractivity contribution in [2.24, 2.45) is 0 Å². The monoisotopic (exact) mass is 600 g/mol. The number of aliphatic carboxylic acids is 1. The zero-order chi connectivity index (χ0) is 31.8. The van der Waals surface area contributed by atoms with Gasteiger partial charge < -0.3 is 19.9 Å². The van der Waals surface area contributed by atoms with E-state index >= 15 is 4.39 Å². The molecular weight excluding hydrogens is 563 g/mol. The van der Waals surface area contributed by atoms with Crippen molar-refractivity contribution in [1.82, 2.24) is 19.9 Å². The summed E-state index contributed by atoms with van der Waals surface area (Å²) >= 11 is 0. The summed E-state index contributed by atoms with van der Waals surface area (Å²) < 4.78 is 28.7. The lowest BCUT2D eigenvalue weighted by Gasteiger charge is -2.28. The topological polar surface area (TPSA) is 115 Å². The molecule has 5 rings (SSSR count). The molecule has 1 aliphatic rings. The van der Waals surface area contributed by atoms with E-state index in [2.05, 4.69) is 15.4 Å². The van der Waals surface area contributed by atoms with Gasteiger partial charge in [-0.2, -0.15) is 5.10 Å². The van der Waals surface area contributed by atoms with Crippen LogP contribution in [-0.2, 0) is 22.5 Å². The number of nitrogens with zero attached hydrogens (tertiary/aromatic N) is 3. The number of allylic oxidation sites excluding steroid dienone is 1. The van der Waals surface area contributed by atoms with Crippen molar-refractivity contribution in [2.45, 2.75) is 72.6 Å². The second-order valence-corrected chi connectivity index (χ2v) is 11.9. The molecule has 1 amide bonds. The third-order valence-electron chi connectivity index (χ3n) is 7.50. The van der Waals surface area contributed by atoms with E-state index in [1.54, 1.807) is 33.8 Å². The largest absolute Gasteiger partial charge is 0.490 e. The minimum atomic E-state index is -1.44. The van der Waals surface area contributed by atoms with Crippen molar-refractivity contribution < 1.29 is 28.6 Å². The highest BCUT2D eigenvalue weighted by molar-refractivity contribution is 5.93. The zero-order valence-electron chi connectivity index (χ0n) is 25.8. The Balaban J connectivity index is 1.65. The van der Waals surface area contributed by atoms with Crippen molar-refractivity contribution >= 4 is 23.6 Å². The molecule has 2 aromatic heterocycles. The number of carboxylic acids is 1. The molecule has 9 nitrogen and oxygen atoms in total. The van der Waals surface area contributed by atoms with Gasteiger partial charge in [0.05, 0.1) is 17.9 Å². The molecule has 0 saturated carbocycles. The van der Waals surface area contributed by atoms with Gasteiger partial charge in [-0.1, -0.05) is 36.4 Å². The van der Waals surface area contributed by atoms with Crippen LogP contribution < -0.4 is 10.1 Å². The molecule has 0 saturated heterocycles. The molecule has 230 valence electrons. The van der Waals surface area contributed by atoms with Gasteiger partial charge in [0.25, 0.3) is 5.91 Å². The SMILES string of the molecule is CC=Cc1ccc(CNC(=O)c2cc3nc(C)c(C(OC(C)(C)C)C(=O)O)c(-c4cc(F)c5c(c4C)CCCO5)n3n2)cc1. The van der Waals surface area contributed by atoms with Gasteiger partial charge >= 0.3 is 5.97 Å². The van der Waals surface area contributed by atoms with Crippen LogP contribution in [0.2, 0.25) is 0 Å². The quantitative estimate of drug-likeness (QED) is 0.241. The summed E-state index contributed by atoms with van der Waals surface area (Å²) in [6.45, 7) is 11.5. The van der Waals surface area contributed by atoms with Crippen LogP contribution in [0.4, 0.5) is 4.39 Å². The van der Waals surface area contributed by atoms with E-state index in [0.29, 0.717) is 41.2 Å². The van der Waals surface area contributed by atoms with E-state index < -0.39 is 29.4 Å². The van der Waals surface area contributed by atoms with Crippen LogP contribution in [0.3, 0.4) is 0 Å². The van der Waals surface area contributed by atoms with Crippen molar-refractivity contribution in [1.29, 1.82) is 0 Å². The van der Waals surface area contributed by atoms with Crippen LogP contribution in [0.1, 0.15) is 84.2 Å². The van der Waals surface area contributed by atoms with Crippen molar-refractivity contribution in [3.05, 3.63) is 87.5 Å². The lowest BCUT2D eigenvalue weighted by Crippen LogP contribution is -2.29. The van der Waals surface area contributed by atoms with Crippen molar-refractivity contribution in [3.63, 3.8) is 0 Å². The molecule has 10 heteroatoms. The summed E-state index contributed by atoms with van der Waals surface area (Å²) in [6, 6.07) is 10.7. The molecule has 1 unspecified atom stereocenters. The number of carboxylic acid groups (broad SMARTS) is 1. The maximum Gasteiger partial charge on any atom is 0.337 e. The Morgan fingerprint density at radius 1 is 1.20 bits per heavy atom. The summed E-state index contributed by atoms with van der Waals surface area (Å²) in [5.74, 6) is -2.00. The zero-order valence-corrected chi connectivity index (χ0v) is 25.8. The molecule has 0 bridgehead atoms. The molecular formula is C34H37FN4O5. The first kappa shape index (κ1) is 30.9. The smallest absolute Gasteiger partial charge is 0.337 e. The Morgan fingerprint density at radius 3 is 2.59 bits per heavy atom. The van der Waals surface area contributed by atoms with Gasteiger partial charge in [-0.15, -0.1) is 0 Å². The average Bonchev–Trinajstić information content (AvgIpc) is 3.40. The number of carbonyl (C=O) groups is 2. The minimum Gasteiger partial charge on any atom is -0.490 e. The van der Waals surface area contributed by atoms with Gasteiger partial charge in [0.1, 0.15) is 0 Å². The number of halogens is 1. The van der Waals surface area contributed by atoms with E-state index in [9.17, 15) is 14.7 Å². The van der Waals surface area contributed by atoms with Gasteiger partial charge in [0.2, 0.25) is 0 Å². The first-order chi connectivity index (χ1) is 20.9. The number of rotatable bonds is 8. The first-order valence-corrected chi connectivity index (χ1v) is 14.6. The van der Waals surface area contributed by atoms with E-state index in [0.717, 1.165) is 23.1 Å². The number of aromatic nitrogens is 3. The molecule has 0 spiro atoms. The van der Waals surface area contributed by atoms with Crippen molar-refractivity contribution in [2.75, 3.05) is 6.61 Å². The number of carbonyl (C=O) groups excluding carboxylic acids is 1. The van der Waals surface area contributed by atoms with E-state index in [1.807, 2.05) is 50.3 Å². The number of aryl methyl sites for hydroxylation is 1. The number of amides is 1. The second kappa shape index (κ2) is 12.2. The maximum absolute atomic E-state index is 15.5. The number of nitrogens with one attached hydrogen (secondary N) is 1. The highest BCUT2D eigenvalue weighted by atomic mass is 19.1. The summed E-state index contributed by atoms with van der Waals surface area (Å²) in [7, 11) is 0. The molecule has 0 fully saturated rings. The Kier molecular flexibility index (Phi) is 8.56. The van der Waals surface area contributed by atoms with Crippen LogP contribution in [0, 0.1) is 19.7 Å².